The van der Waals surface area contributed by atoms with Crippen LogP contribution in [0.1, 0.15) is 24.6 Å². The molecule has 0 amide bonds. The number of fused-ring (bicyclic) bond motifs is 1. The van der Waals surface area contributed by atoms with Crippen molar-refractivity contribution in [3.05, 3.63) is 29.2 Å². The fourth-order valence-electron chi connectivity index (χ4n) is 4.71. The van der Waals surface area contributed by atoms with Gasteiger partial charge >= 0.3 is 0 Å². The number of anilines is 3. The number of aliphatic hydroxyl groups excluding tert-OH is 1. The summed E-state index contributed by atoms with van der Waals surface area (Å²) in [6.45, 7) is 6.25. The lowest BCUT2D eigenvalue weighted by molar-refractivity contribution is 0.0784. The van der Waals surface area contributed by atoms with Crippen LogP contribution >= 0.6 is 11.6 Å². The van der Waals surface area contributed by atoms with Gasteiger partial charge < -0.3 is 20.1 Å². The second kappa shape index (κ2) is 8.35. The van der Waals surface area contributed by atoms with Crippen LogP contribution in [0.4, 0.5) is 17.5 Å². The molecule has 11 heteroatoms. The summed E-state index contributed by atoms with van der Waals surface area (Å²) < 4.78 is 7.48. The highest BCUT2D eigenvalue weighted by molar-refractivity contribution is 6.33. The standard InChI is InChI=1S/C22H27ClN8O2/c1-13-17(10-25-31(13)15-2-3-15)26-22-24-9-14-8-16(23)21(27-20(14)28-22)30-6-4-29(5-7-30)18-11-33-12-19(18)32/h8-10,15,18-19,32H,2-7,11-12H2,1H3,(H,24,26,27,28)/t18-,19+/m1/s1. The van der Waals surface area contributed by atoms with Crippen molar-refractivity contribution < 1.29 is 9.84 Å². The Kier molecular flexibility index (Phi) is 5.33. The number of piperazine rings is 1. The second-order valence-electron chi connectivity index (χ2n) is 9.04. The molecule has 0 unspecified atom stereocenters. The third kappa shape index (κ3) is 4.01. The first kappa shape index (κ1) is 21.0. The summed E-state index contributed by atoms with van der Waals surface area (Å²) in [7, 11) is 0. The van der Waals surface area contributed by atoms with Crippen molar-refractivity contribution in [3.63, 3.8) is 0 Å². The van der Waals surface area contributed by atoms with Gasteiger partial charge in [-0.25, -0.2) is 9.97 Å². The van der Waals surface area contributed by atoms with Crippen LogP contribution in [-0.2, 0) is 4.74 Å². The molecular formula is C22H27ClN8O2. The van der Waals surface area contributed by atoms with E-state index in [0.29, 0.717) is 35.9 Å². The van der Waals surface area contributed by atoms with Crippen LogP contribution in [-0.4, -0.2) is 86.3 Å². The summed E-state index contributed by atoms with van der Waals surface area (Å²) >= 11 is 6.59. The number of aromatic nitrogens is 5. The number of aliphatic hydroxyl groups is 1. The van der Waals surface area contributed by atoms with Crippen molar-refractivity contribution in [2.75, 3.05) is 49.6 Å². The molecule has 3 aromatic heterocycles. The maximum absolute atomic E-state index is 10.1. The molecule has 0 spiro atoms. The number of halogens is 1. The average molecular weight is 471 g/mol. The number of pyridine rings is 1. The Morgan fingerprint density at radius 2 is 1.94 bits per heavy atom. The first-order valence-electron chi connectivity index (χ1n) is 11.5. The van der Waals surface area contributed by atoms with E-state index in [4.69, 9.17) is 21.3 Å². The van der Waals surface area contributed by atoms with Crippen molar-refractivity contribution >= 4 is 40.1 Å². The summed E-state index contributed by atoms with van der Waals surface area (Å²) in [4.78, 5) is 18.4. The zero-order valence-electron chi connectivity index (χ0n) is 18.5. The molecule has 10 nitrogen and oxygen atoms in total. The quantitative estimate of drug-likeness (QED) is 0.580. The highest BCUT2D eigenvalue weighted by atomic mass is 35.5. The number of nitrogens with zero attached hydrogens (tertiary/aromatic N) is 7. The van der Waals surface area contributed by atoms with E-state index in [1.807, 2.05) is 12.3 Å². The zero-order valence-corrected chi connectivity index (χ0v) is 19.2. The first-order valence-corrected chi connectivity index (χ1v) is 11.8. The van der Waals surface area contributed by atoms with E-state index >= 15 is 0 Å². The predicted molar refractivity (Wildman–Crippen MR) is 125 cm³/mol. The Balaban J connectivity index is 1.20. The monoisotopic (exact) mass is 470 g/mol. The molecule has 2 aliphatic heterocycles. The van der Waals surface area contributed by atoms with Crippen LogP contribution in [0.3, 0.4) is 0 Å². The molecule has 33 heavy (non-hydrogen) atoms. The van der Waals surface area contributed by atoms with Gasteiger partial charge in [0.05, 0.1) is 54.0 Å². The first-order chi connectivity index (χ1) is 16.1. The Labute approximate surface area is 196 Å². The van der Waals surface area contributed by atoms with E-state index in [1.54, 1.807) is 6.20 Å². The van der Waals surface area contributed by atoms with Gasteiger partial charge in [0.25, 0.3) is 0 Å². The predicted octanol–water partition coefficient (Wildman–Crippen LogP) is 2.14. The summed E-state index contributed by atoms with van der Waals surface area (Å²) in [6.07, 6.45) is 5.53. The zero-order chi connectivity index (χ0) is 22.5. The second-order valence-corrected chi connectivity index (χ2v) is 9.45. The van der Waals surface area contributed by atoms with Crippen molar-refractivity contribution in [2.45, 2.75) is 38.0 Å². The van der Waals surface area contributed by atoms with Crippen LogP contribution in [0.15, 0.2) is 18.5 Å². The molecule has 174 valence electrons. The summed E-state index contributed by atoms with van der Waals surface area (Å²) in [5.41, 5.74) is 2.59. The molecule has 3 fully saturated rings. The highest BCUT2D eigenvalue weighted by Crippen LogP contribution is 2.37. The fraction of sp³-hybridized carbons (Fsp3) is 0.545. The molecule has 6 rings (SSSR count). The van der Waals surface area contributed by atoms with Crippen LogP contribution in [0, 0.1) is 6.92 Å². The molecule has 1 aliphatic carbocycles. The molecule has 0 aromatic carbocycles. The lowest BCUT2D eigenvalue weighted by Crippen LogP contribution is -2.53. The van der Waals surface area contributed by atoms with E-state index in [0.717, 1.165) is 48.8 Å². The van der Waals surface area contributed by atoms with Gasteiger partial charge in [0.1, 0.15) is 5.82 Å². The Bertz CT molecular complexity index is 1170. The number of hydrogen-bond acceptors (Lipinski definition) is 9. The lowest BCUT2D eigenvalue weighted by Gasteiger charge is -2.39. The third-order valence-electron chi connectivity index (χ3n) is 6.79. The summed E-state index contributed by atoms with van der Waals surface area (Å²) in [6, 6.07) is 2.47. The molecule has 0 bridgehead atoms. The molecule has 3 aromatic rings. The minimum atomic E-state index is -0.415. The maximum Gasteiger partial charge on any atom is 0.229 e. The summed E-state index contributed by atoms with van der Waals surface area (Å²) in [5, 5.41) is 19.3. The largest absolute Gasteiger partial charge is 0.389 e. The van der Waals surface area contributed by atoms with Gasteiger partial charge in [-0.1, -0.05) is 11.6 Å². The number of hydrogen-bond donors (Lipinski definition) is 2. The molecule has 1 saturated carbocycles. The van der Waals surface area contributed by atoms with Crippen molar-refractivity contribution in [1.82, 2.24) is 29.6 Å². The third-order valence-corrected chi connectivity index (χ3v) is 7.07. The summed E-state index contributed by atoms with van der Waals surface area (Å²) in [5.74, 6) is 1.22. The van der Waals surface area contributed by atoms with Gasteiger partial charge in [0.2, 0.25) is 5.95 Å². The van der Waals surface area contributed by atoms with Crippen molar-refractivity contribution in [2.24, 2.45) is 0 Å². The Hall–Kier alpha value is -2.53. The molecule has 5 heterocycles. The van der Waals surface area contributed by atoms with Crippen LogP contribution < -0.4 is 10.2 Å². The van der Waals surface area contributed by atoms with E-state index in [9.17, 15) is 5.11 Å². The Morgan fingerprint density at radius 3 is 2.67 bits per heavy atom. The van der Waals surface area contributed by atoms with Gasteiger partial charge in [-0.2, -0.15) is 10.1 Å². The normalized spacial score (nSPS) is 24.0. The van der Waals surface area contributed by atoms with Gasteiger partial charge in [-0.05, 0) is 25.8 Å². The smallest absolute Gasteiger partial charge is 0.229 e. The number of nitrogens with one attached hydrogen (secondary N) is 1. The van der Waals surface area contributed by atoms with E-state index in [-0.39, 0.29) is 6.04 Å². The SMILES string of the molecule is Cc1c(Nc2ncc3cc(Cl)c(N4CCN([C@@H]5COC[C@@H]5O)CC4)nc3n2)cnn1C1CC1. The maximum atomic E-state index is 10.1. The highest BCUT2D eigenvalue weighted by Gasteiger charge is 2.34. The number of ether oxygens (including phenoxy) is 1. The minimum Gasteiger partial charge on any atom is -0.389 e. The fourth-order valence-corrected chi connectivity index (χ4v) is 4.99. The molecule has 0 radical (unpaired) electrons. The van der Waals surface area contributed by atoms with E-state index in [1.165, 1.54) is 12.8 Å². The molecular weight excluding hydrogens is 444 g/mol. The van der Waals surface area contributed by atoms with Crippen molar-refractivity contribution in [1.29, 1.82) is 0 Å². The van der Waals surface area contributed by atoms with Crippen LogP contribution in [0.5, 0.6) is 0 Å². The molecule has 3 aliphatic rings. The topological polar surface area (TPSA) is 104 Å². The molecule has 2 N–H and O–H groups in total. The molecule has 2 saturated heterocycles. The van der Waals surface area contributed by atoms with E-state index in [2.05, 4.69) is 41.8 Å². The van der Waals surface area contributed by atoms with Crippen molar-refractivity contribution in [3.8, 4) is 0 Å². The van der Waals surface area contributed by atoms with Crippen LogP contribution in [0.25, 0.3) is 11.0 Å². The van der Waals surface area contributed by atoms with E-state index < -0.39 is 6.10 Å². The minimum absolute atomic E-state index is 0.0706. The van der Waals surface area contributed by atoms with Gasteiger partial charge in [-0.3, -0.25) is 9.58 Å². The number of rotatable bonds is 5. The lowest BCUT2D eigenvalue weighted by atomic mass is 10.1. The molecule has 2 atom stereocenters. The van der Waals surface area contributed by atoms with Gasteiger partial charge in [-0.15, -0.1) is 0 Å². The van der Waals surface area contributed by atoms with Gasteiger partial charge in [0.15, 0.2) is 5.65 Å². The van der Waals surface area contributed by atoms with Gasteiger partial charge in [0, 0.05) is 37.8 Å². The Morgan fingerprint density at radius 1 is 1.12 bits per heavy atom. The average Bonchev–Trinajstić information content (AvgIpc) is 3.47. The van der Waals surface area contributed by atoms with Crippen LogP contribution in [0.2, 0.25) is 5.02 Å².